The first kappa shape index (κ1) is 20.5. The van der Waals surface area contributed by atoms with Gasteiger partial charge in [0, 0.05) is 36.4 Å². The quantitative estimate of drug-likeness (QED) is 0.530. The number of hydrogen-bond donors (Lipinski definition) is 0. The molecule has 0 amide bonds. The lowest BCUT2D eigenvalue weighted by atomic mass is 10.2. The monoisotopic (exact) mass is 464 g/mol. The Morgan fingerprint density at radius 1 is 0.933 bits per heavy atom. The number of fused-ring (bicyclic) bond motifs is 1. The molecular formula is C19H24N6O2S3. The number of aromatic nitrogens is 4. The zero-order valence-corrected chi connectivity index (χ0v) is 19.5. The number of morpholine rings is 2. The summed E-state index contributed by atoms with van der Waals surface area (Å²) in [7, 11) is 0. The molecule has 0 aliphatic carbocycles. The lowest BCUT2D eigenvalue weighted by molar-refractivity contribution is 0.0330. The molecule has 0 aromatic carbocycles. The molecule has 0 atom stereocenters. The van der Waals surface area contributed by atoms with Gasteiger partial charge in [-0.3, -0.25) is 4.90 Å². The third-order valence-electron chi connectivity index (χ3n) is 5.37. The normalized spacial score (nSPS) is 18.4. The summed E-state index contributed by atoms with van der Waals surface area (Å²) in [6.07, 6.45) is 0. The van der Waals surface area contributed by atoms with E-state index in [-0.39, 0.29) is 0 Å². The maximum atomic E-state index is 5.47. The lowest BCUT2D eigenvalue weighted by Crippen LogP contribution is -2.36. The molecule has 8 nitrogen and oxygen atoms in total. The number of nitrogens with zero attached hydrogens (tertiary/aromatic N) is 6. The number of anilines is 1. The molecule has 5 heterocycles. The Hall–Kier alpha value is -1.37. The van der Waals surface area contributed by atoms with Gasteiger partial charge in [0.15, 0.2) is 4.34 Å². The standard InChI is InChI=1S/C19H24N6O2S3/c1-12-13(2)28-16-15(12)17(21-14(20-16)11-24-3-7-26-8-4-24)29-19-23-22-18(30-19)25-5-9-27-10-6-25/h3-11H2,1-2H3. The van der Waals surface area contributed by atoms with Crippen molar-refractivity contribution in [2.45, 2.75) is 29.8 Å². The predicted octanol–water partition coefficient (Wildman–Crippen LogP) is 2.98. The van der Waals surface area contributed by atoms with Crippen molar-refractivity contribution in [2.24, 2.45) is 0 Å². The number of ether oxygens (including phenoxy) is 2. The van der Waals surface area contributed by atoms with E-state index in [4.69, 9.17) is 19.4 Å². The fourth-order valence-electron chi connectivity index (χ4n) is 3.57. The van der Waals surface area contributed by atoms with Crippen molar-refractivity contribution in [1.29, 1.82) is 0 Å². The summed E-state index contributed by atoms with van der Waals surface area (Å²) in [5, 5.41) is 11.9. The van der Waals surface area contributed by atoms with Crippen LogP contribution in [0.1, 0.15) is 16.3 Å². The van der Waals surface area contributed by atoms with Crippen molar-refractivity contribution in [3.63, 3.8) is 0 Å². The average Bonchev–Trinajstić information content (AvgIpc) is 3.34. The van der Waals surface area contributed by atoms with Gasteiger partial charge in [-0.15, -0.1) is 21.5 Å². The Morgan fingerprint density at radius 2 is 1.67 bits per heavy atom. The molecule has 2 aliphatic heterocycles. The third kappa shape index (κ3) is 4.32. The smallest absolute Gasteiger partial charge is 0.209 e. The van der Waals surface area contributed by atoms with Gasteiger partial charge in [0.05, 0.1) is 33.0 Å². The van der Waals surface area contributed by atoms with Crippen LogP contribution in [0.3, 0.4) is 0 Å². The maximum absolute atomic E-state index is 5.47. The molecule has 5 rings (SSSR count). The number of rotatable bonds is 5. The van der Waals surface area contributed by atoms with Crippen LogP contribution in [-0.2, 0) is 16.0 Å². The third-order valence-corrected chi connectivity index (χ3v) is 8.50. The topological polar surface area (TPSA) is 76.5 Å². The van der Waals surface area contributed by atoms with Crippen LogP contribution in [0, 0.1) is 13.8 Å². The van der Waals surface area contributed by atoms with Crippen molar-refractivity contribution >= 4 is 49.8 Å². The molecule has 11 heteroatoms. The summed E-state index contributed by atoms with van der Waals surface area (Å²) >= 11 is 4.97. The Labute approximate surface area is 187 Å². The second-order valence-electron chi connectivity index (χ2n) is 7.35. The number of hydrogen-bond acceptors (Lipinski definition) is 11. The molecule has 0 radical (unpaired) electrons. The molecule has 2 saturated heterocycles. The first-order valence-electron chi connectivity index (χ1n) is 10.1. The highest BCUT2D eigenvalue weighted by Crippen LogP contribution is 2.40. The van der Waals surface area contributed by atoms with Crippen LogP contribution in [0.4, 0.5) is 5.13 Å². The minimum Gasteiger partial charge on any atom is -0.379 e. The second kappa shape index (κ2) is 9.01. The van der Waals surface area contributed by atoms with E-state index in [1.807, 2.05) is 0 Å². The molecule has 0 N–H and O–H groups in total. The molecule has 3 aromatic rings. The summed E-state index contributed by atoms with van der Waals surface area (Å²) < 4.78 is 11.8. The van der Waals surface area contributed by atoms with Crippen molar-refractivity contribution < 1.29 is 9.47 Å². The molecular weight excluding hydrogens is 440 g/mol. The Bertz CT molecular complexity index is 1030. The Morgan fingerprint density at radius 3 is 2.43 bits per heavy atom. The summed E-state index contributed by atoms with van der Waals surface area (Å²) in [6, 6.07) is 0. The predicted molar refractivity (Wildman–Crippen MR) is 120 cm³/mol. The highest BCUT2D eigenvalue weighted by molar-refractivity contribution is 8.01. The minimum atomic E-state index is 0.743. The largest absolute Gasteiger partial charge is 0.379 e. The van der Waals surface area contributed by atoms with Gasteiger partial charge in [-0.05, 0) is 31.2 Å². The molecule has 0 saturated carbocycles. The van der Waals surface area contributed by atoms with Gasteiger partial charge in [-0.2, -0.15) is 0 Å². The van der Waals surface area contributed by atoms with Gasteiger partial charge >= 0.3 is 0 Å². The molecule has 2 aliphatic rings. The highest BCUT2D eigenvalue weighted by atomic mass is 32.2. The van der Waals surface area contributed by atoms with Crippen LogP contribution in [-0.4, -0.2) is 77.7 Å². The zero-order chi connectivity index (χ0) is 20.5. The second-order valence-corrected chi connectivity index (χ2v) is 10.7. The number of aryl methyl sites for hydroxylation is 2. The molecule has 160 valence electrons. The molecule has 0 spiro atoms. The van der Waals surface area contributed by atoms with Crippen LogP contribution in [0.5, 0.6) is 0 Å². The molecule has 3 aromatic heterocycles. The first-order valence-corrected chi connectivity index (χ1v) is 12.5. The van der Waals surface area contributed by atoms with E-state index in [0.717, 1.165) is 89.7 Å². The van der Waals surface area contributed by atoms with Gasteiger partial charge in [0.2, 0.25) is 5.13 Å². The molecule has 2 fully saturated rings. The van der Waals surface area contributed by atoms with Crippen LogP contribution < -0.4 is 4.90 Å². The number of thiophene rings is 1. The van der Waals surface area contributed by atoms with Crippen LogP contribution in [0.25, 0.3) is 10.2 Å². The van der Waals surface area contributed by atoms with Crippen LogP contribution in [0.2, 0.25) is 0 Å². The van der Waals surface area contributed by atoms with E-state index in [1.54, 1.807) is 34.4 Å². The van der Waals surface area contributed by atoms with E-state index in [0.29, 0.717) is 0 Å². The van der Waals surface area contributed by atoms with Crippen molar-refractivity contribution in [1.82, 2.24) is 25.1 Å². The first-order chi connectivity index (χ1) is 14.7. The van der Waals surface area contributed by atoms with E-state index < -0.39 is 0 Å². The van der Waals surface area contributed by atoms with Gasteiger partial charge in [0.25, 0.3) is 0 Å². The Balaban J connectivity index is 1.43. The summed E-state index contributed by atoms with van der Waals surface area (Å²) in [5.41, 5.74) is 1.26. The SMILES string of the molecule is Cc1sc2nc(CN3CCOCC3)nc(Sc3nnc(N4CCOCC4)s3)c2c1C. The minimum absolute atomic E-state index is 0.743. The maximum Gasteiger partial charge on any atom is 0.209 e. The molecule has 0 bridgehead atoms. The van der Waals surface area contributed by atoms with Gasteiger partial charge in [-0.1, -0.05) is 11.3 Å². The van der Waals surface area contributed by atoms with E-state index in [2.05, 4.69) is 33.8 Å². The fourth-order valence-corrected chi connectivity index (χ4v) is 6.69. The van der Waals surface area contributed by atoms with Crippen molar-refractivity contribution in [2.75, 3.05) is 57.5 Å². The summed E-state index contributed by atoms with van der Waals surface area (Å²) in [6.45, 7) is 11.7. The molecule has 0 unspecified atom stereocenters. The Kier molecular flexibility index (Phi) is 6.17. The highest BCUT2D eigenvalue weighted by Gasteiger charge is 2.21. The van der Waals surface area contributed by atoms with Crippen LogP contribution >= 0.6 is 34.4 Å². The van der Waals surface area contributed by atoms with Crippen LogP contribution in [0.15, 0.2) is 9.37 Å². The van der Waals surface area contributed by atoms with Gasteiger partial charge in [0.1, 0.15) is 15.7 Å². The summed E-state index contributed by atoms with van der Waals surface area (Å²) in [4.78, 5) is 16.8. The van der Waals surface area contributed by atoms with Crippen molar-refractivity contribution in [3.8, 4) is 0 Å². The lowest BCUT2D eigenvalue weighted by Gasteiger charge is -2.25. The van der Waals surface area contributed by atoms with Gasteiger partial charge in [-0.25, -0.2) is 9.97 Å². The molecule has 30 heavy (non-hydrogen) atoms. The average molecular weight is 465 g/mol. The van der Waals surface area contributed by atoms with Gasteiger partial charge < -0.3 is 14.4 Å². The van der Waals surface area contributed by atoms with E-state index in [1.165, 1.54) is 10.4 Å². The van der Waals surface area contributed by atoms with Crippen molar-refractivity contribution in [3.05, 3.63) is 16.3 Å². The summed E-state index contributed by atoms with van der Waals surface area (Å²) in [5.74, 6) is 0.867. The van der Waals surface area contributed by atoms with E-state index >= 15 is 0 Å². The van der Waals surface area contributed by atoms with E-state index in [9.17, 15) is 0 Å². The fraction of sp³-hybridized carbons (Fsp3) is 0.579. The zero-order valence-electron chi connectivity index (χ0n) is 17.1.